The summed E-state index contributed by atoms with van der Waals surface area (Å²) in [5.74, 6) is -0.00759. The Hall–Kier alpha value is -2.21. The molecule has 2 heterocycles. The highest BCUT2D eigenvalue weighted by molar-refractivity contribution is 6.32. The van der Waals surface area contributed by atoms with Gasteiger partial charge in [0.25, 0.3) is 0 Å². The Morgan fingerprint density at radius 3 is 2.65 bits per heavy atom. The van der Waals surface area contributed by atoms with E-state index in [2.05, 4.69) is 5.10 Å². The van der Waals surface area contributed by atoms with E-state index in [1.165, 1.54) is 10.7 Å². The molecule has 1 aliphatic rings. The van der Waals surface area contributed by atoms with Gasteiger partial charge in [0.1, 0.15) is 0 Å². The maximum Gasteiger partial charge on any atom is 0.356 e. The smallest absolute Gasteiger partial charge is 0.356 e. The number of nitrogens with zero attached hydrogens (tertiary/aromatic N) is 2. The van der Waals surface area contributed by atoms with Crippen LogP contribution < -0.4 is 9.47 Å². The van der Waals surface area contributed by atoms with Gasteiger partial charge in [-0.3, -0.25) is 4.68 Å². The number of ether oxygens (including phenoxy) is 2. The van der Waals surface area contributed by atoms with Gasteiger partial charge in [-0.05, 0) is 18.2 Å². The number of carboxylic acid groups (broad SMARTS) is 1. The summed E-state index contributed by atoms with van der Waals surface area (Å²) in [6.07, 6.45) is 0. The van der Waals surface area contributed by atoms with E-state index in [-0.39, 0.29) is 11.1 Å². The van der Waals surface area contributed by atoms with Crippen LogP contribution in [0.3, 0.4) is 0 Å². The number of rotatable bonds is 2. The molecule has 0 fully saturated rings. The molecule has 3 rings (SSSR count). The molecule has 1 N–H and O–H groups in total. The van der Waals surface area contributed by atoms with E-state index in [9.17, 15) is 4.79 Å². The van der Waals surface area contributed by atoms with E-state index in [0.717, 1.165) is 5.56 Å². The maximum atomic E-state index is 11.1. The monoisotopic (exact) mass is 336 g/mol. The van der Waals surface area contributed by atoms with E-state index in [1.54, 1.807) is 19.2 Å². The van der Waals surface area contributed by atoms with Gasteiger partial charge >= 0.3 is 5.97 Å². The molecule has 1 aromatic carbocycles. The molecule has 0 spiro atoms. The molecule has 23 heavy (non-hydrogen) atoms. The van der Waals surface area contributed by atoms with Crippen molar-refractivity contribution in [3.8, 4) is 22.8 Å². The molecule has 0 aliphatic carbocycles. The Kier molecular flexibility index (Phi) is 3.72. The van der Waals surface area contributed by atoms with E-state index in [4.69, 9.17) is 26.2 Å². The van der Waals surface area contributed by atoms with Crippen LogP contribution in [0.4, 0.5) is 0 Å². The lowest BCUT2D eigenvalue weighted by Gasteiger charge is -2.19. The number of hydrogen-bond donors (Lipinski definition) is 1. The average molecular weight is 337 g/mol. The largest absolute Gasteiger partial charge is 0.489 e. The molecule has 0 amide bonds. The minimum atomic E-state index is -1.07. The quantitative estimate of drug-likeness (QED) is 0.911. The minimum Gasteiger partial charge on any atom is -0.489 e. The van der Waals surface area contributed by atoms with Gasteiger partial charge in [0, 0.05) is 18.0 Å². The fourth-order valence-corrected chi connectivity index (χ4v) is 2.65. The van der Waals surface area contributed by atoms with Gasteiger partial charge in [-0.25, -0.2) is 4.79 Å². The summed E-state index contributed by atoms with van der Waals surface area (Å²) >= 11 is 6.33. The molecule has 0 radical (unpaired) electrons. The number of benzene rings is 1. The van der Waals surface area contributed by atoms with Crippen molar-refractivity contribution in [3.63, 3.8) is 0 Å². The number of halogens is 1. The zero-order valence-electron chi connectivity index (χ0n) is 13.1. The highest BCUT2D eigenvalue weighted by Gasteiger charge is 2.27. The van der Waals surface area contributed by atoms with Crippen molar-refractivity contribution < 1.29 is 19.4 Å². The first-order valence-corrected chi connectivity index (χ1v) is 7.51. The lowest BCUT2D eigenvalue weighted by atomic mass is 9.97. The summed E-state index contributed by atoms with van der Waals surface area (Å²) in [6.45, 7) is 5.11. The Balaban J connectivity index is 2.05. The van der Waals surface area contributed by atoms with Crippen molar-refractivity contribution in [2.45, 2.75) is 13.8 Å². The number of carboxylic acids is 1. The number of carbonyl (C=O) groups is 1. The summed E-state index contributed by atoms with van der Waals surface area (Å²) in [4.78, 5) is 11.1. The molecule has 0 bridgehead atoms. The van der Waals surface area contributed by atoms with Crippen LogP contribution in [-0.2, 0) is 7.05 Å². The van der Waals surface area contributed by atoms with Crippen molar-refractivity contribution in [2.24, 2.45) is 12.5 Å². The topological polar surface area (TPSA) is 73.6 Å². The third-order valence-electron chi connectivity index (χ3n) is 3.63. The highest BCUT2D eigenvalue weighted by Crippen LogP contribution is 2.42. The first-order chi connectivity index (χ1) is 10.8. The molecule has 122 valence electrons. The maximum absolute atomic E-state index is 11.1. The molecular weight excluding hydrogens is 320 g/mol. The third kappa shape index (κ3) is 2.99. The molecule has 0 unspecified atom stereocenters. The molecule has 6 nitrogen and oxygen atoms in total. The van der Waals surface area contributed by atoms with E-state index >= 15 is 0 Å². The molecule has 1 aromatic heterocycles. The van der Waals surface area contributed by atoms with Crippen molar-refractivity contribution in [3.05, 3.63) is 28.9 Å². The van der Waals surface area contributed by atoms with Crippen LogP contribution >= 0.6 is 11.6 Å². The fourth-order valence-electron chi connectivity index (χ4n) is 2.39. The van der Waals surface area contributed by atoms with E-state index in [0.29, 0.717) is 35.4 Å². The Morgan fingerprint density at radius 2 is 2.00 bits per heavy atom. The molecule has 1 aliphatic heterocycles. The van der Waals surface area contributed by atoms with Crippen LogP contribution in [0.5, 0.6) is 11.5 Å². The molecule has 0 saturated carbocycles. The lowest BCUT2D eigenvalue weighted by Crippen LogP contribution is -2.26. The highest BCUT2D eigenvalue weighted by atomic mass is 35.5. The van der Waals surface area contributed by atoms with Gasteiger partial charge in [0.15, 0.2) is 17.2 Å². The molecule has 0 atom stereocenters. The fraction of sp³-hybridized carbons (Fsp3) is 0.375. The third-order valence-corrected chi connectivity index (χ3v) is 3.91. The van der Waals surface area contributed by atoms with Gasteiger partial charge in [-0.2, -0.15) is 5.10 Å². The second-order valence-corrected chi connectivity index (χ2v) is 6.78. The van der Waals surface area contributed by atoms with Gasteiger partial charge in [0.2, 0.25) is 0 Å². The van der Waals surface area contributed by atoms with Crippen LogP contribution in [0.1, 0.15) is 24.3 Å². The van der Waals surface area contributed by atoms with Crippen LogP contribution in [0.2, 0.25) is 5.02 Å². The van der Waals surface area contributed by atoms with E-state index < -0.39 is 5.97 Å². The van der Waals surface area contributed by atoms with Crippen molar-refractivity contribution in [1.82, 2.24) is 9.78 Å². The number of aryl methyl sites for hydroxylation is 1. The second kappa shape index (κ2) is 5.45. The standard InChI is InChI=1S/C16H17ClN2O4/c1-16(2)7-22-13-5-9(4-10(17)14(13)23-8-16)12-6-11(15(20)21)18-19(12)3/h4-6H,7-8H2,1-3H3,(H,20,21). The van der Waals surface area contributed by atoms with Gasteiger partial charge in [-0.1, -0.05) is 25.4 Å². The Labute approximate surface area is 138 Å². The van der Waals surface area contributed by atoms with Crippen LogP contribution in [-0.4, -0.2) is 34.1 Å². The first-order valence-electron chi connectivity index (χ1n) is 7.14. The number of hydrogen-bond acceptors (Lipinski definition) is 4. The van der Waals surface area contributed by atoms with Crippen molar-refractivity contribution >= 4 is 17.6 Å². The van der Waals surface area contributed by atoms with Gasteiger partial charge in [0.05, 0.1) is 23.9 Å². The normalized spacial score (nSPS) is 16.0. The van der Waals surface area contributed by atoms with Crippen LogP contribution in [0.25, 0.3) is 11.3 Å². The molecule has 0 saturated heterocycles. The first kappa shape index (κ1) is 15.7. The number of aromatic carboxylic acids is 1. The minimum absolute atomic E-state index is 0.0214. The Bertz CT molecular complexity index is 783. The summed E-state index contributed by atoms with van der Waals surface area (Å²) in [5.41, 5.74) is 1.22. The predicted molar refractivity (Wildman–Crippen MR) is 85.4 cm³/mol. The number of fused-ring (bicyclic) bond motifs is 1. The lowest BCUT2D eigenvalue weighted by molar-refractivity contribution is 0.0689. The number of aromatic nitrogens is 2. The molecule has 2 aromatic rings. The van der Waals surface area contributed by atoms with Gasteiger partial charge in [-0.15, -0.1) is 0 Å². The van der Waals surface area contributed by atoms with Crippen molar-refractivity contribution in [1.29, 1.82) is 0 Å². The van der Waals surface area contributed by atoms with Crippen LogP contribution in [0.15, 0.2) is 18.2 Å². The second-order valence-electron chi connectivity index (χ2n) is 6.37. The summed E-state index contributed by atoms with van der Waals surface area (Å²) < 4.78 is 13.1. The predicted octanol–water partition coefficient (Wildman–Crippen LogP) is 3.24. The summed E-state index contributed by atoms with van der Waals surface area (Å²) in [6, 6.07) is 5.03. The SMILES string of the molecule is Cn1nc(C(=O)O)cc1-c1cc(Cl)c2c(c1)OCC(C)(C)CO2. The zero-order valence-corrected chi connectivity index (χ0v) is 13.8. The molecule has 7 heteroatoms. The molecular formula is C16H17ClN2O4. The summed E-state index contributed by atoms with van der Waals surface area (Å²) in [7, 11) is 1.68. The summed E-state index contributed by atoms with van der Waals surface area (Å²) in [5, 5.41) is 13.5. The van der Waals surface area contributed by atoms with Crippen LogP contribution in [0, 0.1) is 5.41 Å². The Morgan fingerprint density at radius 1 is 1.30 bits per heavy atom. The van der Waals surface area contributed by atoms with Crippen molar-refractivity contribution in [2.75, 3.05) is 13.2 Å². The average Bonchev–Trinajstić information content (AvgIpc) is 2.78. The van der Waals surface area contributed by atoms with Gasteiger partial charge < -0.3 is 14.6 Å². The zero-order chi connectivity index (χ0) is 16.8. The van der Waals surface area contributed by atoms with E-state index in [1.807, 2.05) is 13.8 Å².